The molecule has 1 aromatic rings. The summed E-state index contributed by atoms with van der Waals surface area (Å²) >= 11 is 0. The molecule has 2 unspecified atom stereocenters. The van der Waals surface area contributed by atoms with Gasteiger partial charge < -0.3 is 24.8 Å². The first-order valence-electron chi connectivity index (χ1n) is 6.56. The van der Waals surface area contributed by atoms with Crippen LogP contribution in [0, 0.1) is 0 Å². The minimum absolute atomic E-state index is 0.234. The van der Waals surface area contributed by atoms with Gasteiger partial charge in [-0.25, -0.2) is 4.79 Å². The molecule has 20 heavy (non-hydrogen) atoms. The molecule has 6 heteroatoms. The zero-order valence-corrected chi connectivity index (χ0v) is 11.9. The highest BCUT2D eigenvalue weighted by Crippen LogP contribution is 2.30. The molecule has 0 spiro atoms. The lowest BCUT2D eigenvalue weighted by Crippen LogP contribution is -2.22. The molecule has 1 fully saturated rings. The Morgan fingerprint density at radius 2 is 2.30 bits per heavy atom. The van der Waals surface area contributed by atoms with E-state index in [1.54, 1.807) is 7.11 Å². The van der Waals surface area contributed by atoms with Crippen molar-refractivity contribution in [1.82, 2.24) is 10.6 Å². The fourth-order valence-electron chi connectivity index (χ4n) is 1.95. The number of alkyl carbamates (subject to hydrolysis) is 1. The average molecular weight is 280 g/mol. The highest BCUT2D eigenvalue weighted by molar-refractivity contribution is 5.69. The quantitative estimate of drug-likeness (QED) is 0.825. The normalized spacial score (nSPS) is 19.1. The summed E-state index contributed by atoms with van der Waals surface area (Å²) in [6.45, 7) is 2.84. The minimum atomic E-state index is -0.399. The first-order valence-corrected chi connectivity index (χ1v) is 6.56. The van der Waals surface area contributed by atoms with Crippen molar-refractivity contribution in [2.75, 3.05) is 27.3 Å². The van der Waals surface area contributed by atoms with E-state index in [2.05, 4.69) is 17.6 Å². The number of cyclic esters (lactones) is 1. The molecule has 0 aromatic heterocycles. The van der Waals surface area contributed by atoms with Gasteiger partial charge in [-0.2, -0.15) is 0 Å². The smallest absolute Gasteiger partial charge is 0.407 e. The Morgan fingerprint density at radius 1 is 1.50 bits per heavy atom. The Hall–Kier alpha value is -1.95. The van der Waals surface area contributed by atoms with Crippen LogP contribution in [-0.4, -0.2) is 39.5 Å². The van der Waals surface area contributed by atoms with Crippen molar-refractivity contribution in [2.24, 2.45) is 0 Å². The monoisotopic (exact) mass is 280 g/mol. The number of benzene rings is 1. The third-order valence-electron chi connectivity index (χ3n) is 3.29. The highest BCUT2D eigenvalue weighted by atomic mass is 16.6. The number of hydrogen-bond donors (Lipinski definition) is 2. The molecule has 0 radical (unpaired) electrons. The van der Waals surface area contributed by atoms with Gasteiger partial charge in [0.1, 0.15) is 6.61 Å². The number of carbonyl (C=O) groups excluding carboxylic acids is 1. The van der Waals surface area contributed by atoms with E-state index in [1.807, 2.05) is 25.2 Å². The number of hydrogen-bond acceptors (Lipinski definition) is 5. The van der Waals surface area contributed by atoms with Crippen molar-refractivity contribution in [3.8, 4) is 11.5 Å². The molecule has 2 N–H and O–H groups in total. The van der Waals surface area contributed by atoms with Crippen LogP contribution < -0.4 is 20.1 Å². The van der Waals surface area contributed by atoms with Crippen molar-refractivity contribution < 1.29 is 19.0 Å². The highest BCUT2D eigenvalue weighted by Gasteiger charge is 2.23. The van der Waals surface area contributed by atoms with Gasteiger partial charge in [0, 0.05) is 6.04 Å². The van der Waals surface area contributed by atoms with Gasteiger partial charge >= 0.3 is 6.09 Å². The minimum Gasteiger partial charge on any atom is -0.493 e. The van der Waals surface area contributed by atoms with Crippen LogP contribution in [0.2, 0.25) is 0 Å². The maximum absolute atomic E-state index is 10.9. The fraction of sp³-hybridized carbons (Fsp3) is 0.500. The van der Waals surface area contributed by atoms with Crippen LogP contribution in [0.15, 0.2) is 18.2 Å². The Labute approximate surface area is 118 Å². The van der Waals surface area contributed by atoms with Crippen molar-refractivity contribution in [3.05, 3.63) is 23.8 Å². The Balaban J connectivity index is 2.02. The van der Waals surface area contributed by atoms with Gasteiger partial charge in [0.25, 0.3) is 0 Å². The molecule has 2 atom stereocenters. The van der Waals surface area contributed by atoms with Crippen LogP contribution in [0.4, 0.5) is 4.79 Å². The lowest BCUT2D eigenvalue weighted by Gasteiger charge is -2.16. The van der Waals surface area contributed by atoms with Gasteiger partial charge in [-0.15, -0.1) is 0 Å². The molecule has 2 rings (SSSR count). The molecule has 1 heterocycles. The predicted octanol–water partition coefficient (Wildman–Crippen LogP) is 1.46. The molecule has 110 valence electrons. The molecular formula is C14H20N2O4. The summed E-state index contributed by atoms with van der Waals surface area (Å²) < 4.78 is 16.0. The largest absolute Gasteiger partial charge is 0.493 e. The second-order valence-electron chi connectivity index (χ2n) is 4.64. The third kappa shape index (κ3) is 3.33. The summed E-state index contributed by atoms with van der Waals surface area (Å²) in [6.07, 6.45) is -0.660. The van der Waals surface area contributed by atoms with E-state index in [1.165, 1.54) is 0 Å². The third-order valence-corrected chi connectivity index (χ3v) is 3.29. The SMILES string of the molecule is CNC(C)c1ccc(OCC2CNC(=O)O2)c(OC)c1. The molecule has 1 saturated heterocycles. The van der Waals surface area contributed by atoms with Crippen molar-refractivity contribution in [3.63, 3.8) is 0 Å². The number of rotatable bonds is 6. The number of ether oxygens (including phenoxy) is 3. The molecule has 0 saturated carbocycles. The van der Waals surface area contributed by atoms with Gasteiger partial charge in [0.15, 0.2) is 17.6 Å². The zero-order valence-electron chi connectivity index (χ0n) is 11.9. The first kappa shape index (κ1) is 14.5. The van der Waals surface area contributed by atoms with Crippen LogP contribution in [-0.2, 0) is 4.74 Å². The van der Waals surface area contributed by atoms with E-state index in [-0.39, 0.29) is 12.1 Å². The fourth-order valence-corrected chi connectivity index (χ4v) is 1.95. The summed E-state index contributed by atoms with van der Waals surface area (Å²) in [5.74, 6) is 1.31. The van der Waals surface area contributed by atoms with Crippen molar-refractivity contribution in [2.45, 2.75) is 19.1 Å². The molecule has 0 bridgehead atoms. The molecule has 1 amide bonds. The summed E-state index contributed by atoms with van der Waals surface area (Å²) in [5, 5.41) is 5.76. The van der Waals surface area contributed by atoms with Crippen molar-refractivity contribution in [1.29, 1.82) is 0 Å². The summed E-state index contributed by atoms with van der Waals surface area (Å²) in [7, 11) is 3.51. The standard InChI is InChI=1S/C14H20N2O4/c1-9(15-2)10-4-5-12(13(6-10)18-3)19-8-11-7-16-14(17)20-11/h4-6,9,11,15H,7-8H2,1-3H3,(H,16,17). The van der Waals surface area contributed by atoms with E-state index < -0.39 is 6.09 Å². The Kier molecular flexibility index (Phi) is 4.68. The van der Waals surface area contributed by atoms with Crippen LogP contribution in [0.25, 0.3) is 0 Å². The molecule has 1 aliphatic heterocycles. The van der Waals surface area contributed by atoms with E-state index >= 15 is 0 Å². The van der Waals surface area contributed by atoms with E-state index in [9.17, 15) is 4.79 Å². The van der Waals surface area contributed by atoms with Crippen LogP contribution in [0.3, 0.4) is 0 Å². The topological polar surface area (TPSA) is 68.8 Å². The second-order valence-corrected chi connectivity index (χ2v) is 4.64. The maximum Gasteiger partial charge on any atom is 0.407 e. The molecule has 1 aliphatic rings. The van der Waals surface area contributed by atoms with Gasteiger partial charge in [-0.1, -0.05) is 6.07 Å². The Bertz CT molecular complexity index is 478. The van der Waals surface area contributed by atoms with Gasteiger partial charge in [0.2, 0.25) is 0 Å². The van der Waals surface area contributed by atoms with Crippen LogP contribution >= 0.6 is 0 Å². The summed E-state index contributed by atoms with van der Waals surface area (Å²) in [5.41, 5.74) is 1.12. The zero-order chi connectivity index (χ0) is 14.5. The number of amides is 1. The van der Waals surface area contributed by atoms with E-state index in [0.717, 1.165) is 5.56 Å². The van der Waals surface area contributed by atoms with Gasteiger partial charge in [-0.05, 0) is 31.7 Å². The van der Waals surface area contributed by atoms with Gasteiger partial charge in [-0.3, -0.25) is 0 Å². The molecular weight excluding hydrogens is 260 g/mol. The number of carbonyl (C=O) groups is 1. The van der Waals surface area contributed by atoms with Crippen LogP contribution in [0.5, 0.6) is 11.5 Å². The molecule has 0 aliphatic carbocycles. The molecule has 6 nitrogen and oxygen atoms in total. The summed E-state index contributed by atoms with van der Waals surface area (Å²) in [4.78, 5) is 10.9. The second kappa shape index (κ2) is 6.47. The average Bonchev–Trinajstić information content (AvgIpc) is 2.89. The maximum atomic E-state index is 10.9. The predicted molar refractivity (Wildman–Crippen MR) is 74.2 cm³/mol. The lowest BCUT2D eigenvalue weighted by molar-refractivity contribution is 0.103. The number of methoxy groups -OCH3 is 1. The first-order chi connectivity index (χ1) is 9.63. The number of nitrogens with one attached hydrogen (secondary N) is 2. The van der Waals surface area contributed by atoms with E-state index in [4.69, 9.17) is 14.2 Å². The van der Waals surface area contributed by atoms with Crippen molar-refractivity contribution >= 4 is 6.09 Å². The van der Waals surface area contributed by atoms with Gasteiger partial charge in [0.05, 0.1) is 13.7 Å². The van der Waals surface area contributed by atoms with E-state index in [0.29, 0.717) is 24.7 Å². The summed E-state index contributed by atoms with van der Waals surface area (Å²) in [6, 6.07) is 6.03. The lowest BCUT2D eigenvalue weighted by atomic mass is 10.1. The molecule has 1 aromatic carbocycles. The van der Waals surface area contributed by atoms with Crippen LogP contribution in [0.1, 0.15) is 18.5 Å². The Morgan fingerprint density at radius 3 is 2.90 bits per heavy atom.